The van der Waals surface area contributed by atoms with E-state index in [4.69, 9.17) is 15.8 Å². The smallest absolute Gasteiger partial charge is 0.333 e. The second kappa shape index (κ2) is 5.15. The van der Waals surface area contributed by atoms with Crippen molar-refractivity contribution in [2.24, 2.45) is 0 Å². The quantitative estimate of drug-likeness (QED) is 0.217. The number of rotatable bonds is 4. The van der Waals surface area contributed by atoms with Crippen molar-refractivity contribution in [3.8, 4) is 0 Å². The number of ether oxygens (including phenoxy) is 1. The van der Waals surface area contributed by atoms with Crippen LogP contribution in [0.5, 0.6) is 0 Å². The van der Waals surface area contributed by atoms with Crippen molar-refractivity contribution in [3.05, 3.63) is 24.8 Å². The molecule has 4 heteroatoms. The number of carbonyl (C=O) groups excluding carboxylic acids is 1. The van der Waals surface area contributed by atoms with Gasteiger partial charge in [0.15, 0.2) is 8.83 Å². The van der Waals surface area contributed by atoms with Crippen molar-refractivity contribution in [2.75, 3.05) is 0 Å². The predicted molar refractivity (Wildman–Crippen MR) is 49.3 cm³/mol. The van der Waals surface area contributed by atoms with Crippen LogP contribution in [0.2, 0.25) is 0 Å². The molecule has 0 aliphatic carbocycles. The first kappa shape index (κ1) is 10.5. The molecule has 0 aliphatic heterocycles. The van der Waals surface area contributed by atoms with Crippen molar-refractivity contribution in [2.45, 2.75) is 12.7 Å². The van der Waals surface area contributed by atoms with Crippen molar-refractivity contribution in [1.82, 2.24) is 0 Å². The van der Waals surface area contributed by atoms with Crippen LogP contribution in [0.1, 0.15) is 6.92 Å². The summed E-state index contributed by atoms with van der Waals surface area (Å²) in [6.45, 7) is 8.52. The van der Waals surface area contributed by atoms with Gasteiger partial charge in [0.05, 0.1) is 0 Å². The minimum atomic E-state index is -0.877. The Morgan fingerprint density at radius 3 is 2.64 bits per heavy atom. The summed E-state index contributed by atoms with van der Waals surface area (Å²) in [5.74, 6) is -0.400. The Morgan fingerprint density at radius 2 is 2.36 bits per heavy atom. The van der Waals surface area contributed by atoms with Crippen molar-refractivity contribution < 1.29 is 9.53 Å². The summed E-state index contributed by atoms with van der Waals surface area (Å²) >= 11 is 5.58. The Labute approximate surface area is 73.4 Å². The maximum Gasteiger partial charge on any atom is 0.333 e. The fourth-order valence-corrected chi connectivity index (χ4v) is 1.29. The van der Waals surface area contributed by atoms with Gasteiger partial charge in [-0.3, -0.25) is 0 Å². The summed E-state index contributed by atoms with van der Waals surface area (Å²) < 4.78 is 4.88. The third-order valence-electron chi connectivity index (χ3n) is 1.02. The normalized spacial score (nSPS) is 12.9. The second-order valence-corrected chi connectivity index (χ2v) is 4.15. The Hall–Kier alpha value is -0.543. The van der Waals surface area contributed by atoms with Crippen LogP contribution in [-0.4, -0.2) is 20.5 Å². The highest BCUT2D eigenvalue weighted by atomic mass is 35.6. The Kier molecular flexibility index (Phi) is 4.90. The van der Waals surface area contributed by atoms with E-state index in [9.17, 15) is 4.79 Å². The van der Waals surface area contributed by atoms with E-state index >= 15 is 0 Å². The first-order chi connectivity index (χ1) is 5.11. The molecular formula is C7H11ClO2Si. The van der Waals surface area contributed by atoms with Gasteiger partial charge in [-0.1, -0.05) is 19.2 Å². The molecule has 1 unspecified atom stereocenters. The van der Waals surface area contributed by atoms with Crippen LogP contribution in [0.25, 0.3) is 0 Å². The lowest BCUT2D eigenvalue weighted by molar-refractivity contribution is -0.139. The average molecular weight is 191 g/mol. The van der Waals surface area contributed by atoms with Crippen LogP contribution in [0, 0.1) is 0 Å². The van der Waals surface area contributed by atoms with Gasteiger partial charge >= 0.3 is 5.97 Å². The minimum Gasteiger partial charge on any atom is -0.458 e. The van der Waals surface area contributed by atoms with Gasteiger partial charge in [-0.05, 0) is 6.92 Å². The molecular weight excluding hydrogens is 180 g/mol. The highest BCUT2D eigenvalue weighted by molar-refractivity contribution is 6.94. The van der Waals surface area contributed by atoms with Crippen LogP contribution in [0.15, 0.2) is 24.8 Å². The van der Waals surface area contributed by atoms with Crippen molar-refractivity contribution in [1.29, 1.82) is 0 Å². The lowest BCUT2D eigenvalue weighted by Crippen LogP contribution is -2.19. The molecule has 0 radical (unpaired) electrons. The maximum absolute atomic E-state index is 10.9. The van der Waals surface area contributed by atoms with E-state index in [1.807, 2.05) is 0 Å². The second-order valence-electron chi connectivity index (χ2n) is 2.11. The van der Waals surface area contributed by atoms with Gasteiger partial charge in [-0.2, -0.15) is 11.1 Å². The number of hydrogen-bond acceptors (Lipinski definition) is 2. The summed E-state index contributed by atoms with van der Waals surface area (Å²) in [5.41, 5.74) is 0.108. The first-order valence-electron chi connectivity index (χ1n) is 3.16. The SMILES string of the molecule is C=CC(OC(=O)C(=C)C)[SiH2]Cl. The lowest BCUT2D eigenvalue weighted by Gasteiger charge is -2.09. The van der Waals surface area contributed by atoms with Gasteiger partial charge in [0.1, 0.15) is 5.73 Å². The van der Waals surface area contributed by atoms with Gasteiger partial charge in [0.25, 0.3) is 0 Å². The molecule has 0 aliphatic rings. The van der Waals surface area contributed by atoms with E-state index in [1.54, 1.807) is 13.0 Å². The van der Waals surface area contributed by atoms with E-state index in [2.05, 4.69) is 13.2 Å². The highest BCUT2D eigenvalue weighted by Crippen LogP contribution is 1.99. The summed E-state index contributed by atoms with van der Waals surface area (Å²) in [6.07, 6.45) is 1.54. The van der Waals surface area contributed by atoms with Crippen molar-refractivity contribution in [3.63, 3.8) is 0 Å². The maximum atomic E-state index is 10.9. The zero-order chi connectivity index (χ0) is 8.85. The van der Waals surface area contributed by atoms with Gasteiger partial charge in [0.2, 0.25) is 0 Å². The van der Waals surface area contributed by atoms with E-state index in [-0.39, 0.29) is 5.73 Å². The van der Waals surface area contributed by atoms with Crippen LogP contribution in [0.4, 0.5) is 0 Å². The molecule has 0 heterocycles. The predicted octanol–water partition coefficient (Wildman–Crippen LogP) is 0.940. The fourth-order valence-electron chi connectivity index (χ4n) is 0.381. The van der Waals surface area contributed by atoms with E-state index in [1.165, 1.54) is 0 Å². The number of hydrogen-bond donors (Lipinski definition) is 0. The fraction of sp³-hybridized carbons (Fsp3) is 0.286. The molecule has 11 heavy (non-hydrogen) atoms. The molecule has 0 saturated carbocycles. The van der Waals surface area contributed by atoms with Gasteiger partial charge < -0.3 is 4.74 Å². The molecule has 0 N–H and O–H groups in total. The molecule has 0 fully saturated rings. The molecule has 0 saturated heterocycles. The molecule has 2 nitrogen and oxygen atoms in total. The molecule has 0 rings (SSSR count). The average Bonchev–Trinajstić information content (AvgIpc) is 1.99. The van der Waals surface area contributed by atoms with E-state index in [0.29, 0.717) is 5.57 Å². The largest absolute Gasteiger partial charge is 0.458 e. The summed E-state index contributed by atoms with van der Waals surface area (Å²) in [6, 6.07) is 0. The van der Waals surface area contributed by atoms with Crippen molar-refractivity contribution >= 4 is 25.9 Å². The van der Waals surface area contributed by atoms with Gasteiger partial charge in [-0.15, -0.1) is 0 Å². The first-order valence-corrected chi connectivity index (χ1v) is 6.12. The zero-order valence-corrected chi connectivity index (χ0v) is 8.64. The number of halogens is 1. The zero-order valence-electron chi connectivity index (χ0n) is 6.47. The van der Waals surface area contributed by atoms with E-state index in [0.717, 1.165) is 0 Å². The van der Waals surface area contributed by atoms with E-state index < -0.39 is 14.8 Å². The van der Waals surface area contributed by atoms with Crippen LogP contribution >= 0.6 is 11.1 Å². The monoisotopic (exact) mass is 190 g/mol. The Morgan fingerprint density at radius 1 is 1.82 bits per heavy atom. The molecule has 0 aromatic heterocycles. The minimum absolute atomic E-state index is 0.277. The molecule has 0 spiro atoms. The number of carbonyl (C=O) groups is 1. The van der Waals surface area contributed by atoms with Gasteiger partial charge in [-0.25, -0.2) is 4.79 Å². The molecule has 0 bridgehead atoms. The number of esters is 1. The third-order valence-corrected chi connectivity index (χ3v) is 2.74. The molecule has 0 amide bonds. The van der Waals surface area contributed by atoms with Crippen LogP contribution in [-0.2, 0) is 9.53 Å². The Balaban J connectivity index is 3.91. The third kappa shape index (κ3) is 4.01. The van der Waals surface area contributed by atoms with Gasteiger partial charge in [0, 0.05) is 5.57 Å². The van der Waals surface area contributed by atoms with Crippen LogP contribution in [0.3, 0.4) is 0 Å². The Bertz CT molecular complexity index is 179. The molecule has 62 valence electrons. The summed E-state index contributed by atoms with van der Waals surface area (Å²) in [4.78, 5) is 10.9. The highest BCUT2D eigenvalue weighted by Gasteiger charge is 2.09. The topological polar surface area (TPSA) is 26.3 Å². The molecule has 1 atom stereocenters. The standard InChI is InChI=1S/C7H11ClO2Si/c1-4-6(11-8)10-7(9)5(2)3/h4,6H,1-2,11H2,3H3. The summed E-state index contributed by atoms with van der Waals surface area (Å²) in [7, 11) is -0.877. The summed E-state index contributed by atoms with van der Waals surface area (Å²) in [5, 5.41) is 0. The lowest BCUT2D eigenvalue weighted by atomic mass is 10.4. The van der Waals surface area contributed by atoms with Crippen LogP contribution < -0.4 is 0 Å². The molecule has 0 aromatic carbocycles. The molecule has 0 aromatic rings.